The molecule has 0 radical (unpaired) electrons. The minimum absolute atomic E-state index is 0.0341. The molecule has 10 heteroatoms. The van der Waals surface area contributed by atoms with Crippen molar-refractivity contribution in [3.63, 3.8) is 0 Å². The van der Waals surface area contributed by atoms with Gasteiger partial charge in [-0.3, -0.25) is 20.0 Å². The number of H-pyrrole nitrogens is 1. The average Bonchev–Trinajstić information content (AvgIpc) is 3.31. The van der Waals surface area contributed by atoms with E-state index in [0.717, 1.165) is 48.1 Å². The molecule has 2 saturated carbocycles. The Bertz CT molecular complexity index is 1610. The zero-order chi connectivity index (χ0) is 29.0. The van der Waals surface area contributed by atoms with E-state index in [9.17, 15) is 9.59 Å². The van der Waals surface area contributed by atoms with Crippen molar-refractivity contribution in [2.45, 2.75) is 58.0 Å². The lowest BCUT2D eigenvalue weighted by Gasteiger charge is -2.44. The normalized spacial score (nSPS) is 24.4. The lowest BCUT2D eigenvalue weighted by molar-refractivity contribution is 0.0790. The summed E-state index contributed by atoms with van der Waals surface area (Å²) in [5.41, 5.74) is 5.08. The van der Waals surface area contributed by atoms with Crippen molar-refractivity contribution >= 4 is 23.6 Å². The van der Waals surface area contributed by atoms with Gasteiger partial charge in [-0.15, -0.1) is 5.10 Å². The zero-order valence-corrected chi connectivity index (χ0v) is 23.9. The molecule has 3 aliphatic rings. The van der Waals surface area contributed by atoms with Gasteiger partial charge in [0, 0.05) is 30.2 Å². The number of benzene rings is 2. The number of carbonyl (C=O) groups is 2. The summed E-state index contributed by atoms with van der Waals surface area (Å²) in [7, 11) is 0. The first kappa shape index (κ1) is 26.3. The van der Waals surface area contributed by atoms with Crippen molar-refractivity contribution in [3.05, 3.63) is 84.2 Å². The summed E-state index contributed by atoms with van der Waals surface area (Å²) in [6.45, 7) is 5.93. The molecule has 2 aromatic carbocycles. The van der Waals surface area contributed by atoms with Gasteiger partial charge in [0.1, 0.15) is 0 Å². The maximum Gasteiger partial charge on any atom is 0.325 e. The first-order chi connectivity index (χ1) is 20.3. The third-order valence-corrected chi connectivity index (χ3v) is 10.0. The minimum atomic E-state index is -0.318. The number of nitrogens with zero attached hydrogens (tertiary/aromatic N) is 6. The number of carbonyl (C=O) groups excluding carboxylic acids is 2. The number of nitrogens with one attached hydrogen (secondary N) is 2. The topological polar surface area (TPSA) is 120 Å². The predicted octanol–water partition coefficient (Wildman–Crippen LogP) is 5.69. The minimum Gasteiger partial charge on any atom is -0.313 e. The van der Waals surface area contributed by atoms with E-state index in [1.807, 2.05) is 41.3 Å². The van der Waals surface area contributed by atoms with Crippen LogP contribution in [-0.4, -0.2) is 54.5 Å². The first-order valence-corrected chi connectivity index (χ1v) is 14.5. The van der Waals surface area contributed by atoms with E-state index in [4.69, 9.17) is 0 Å². The second-order valence-electron chi connectivity index (χ2n) is 12.7. The van der Waals surface area contributed by atoms with Crippen molar-refractivity contribution in [3.8, 4) is 11.1 Å². The van der Waals surface area contributed by atoms with Crippen LogP contribution in [0.4, 0.5) is 16.4 Å². The van der Waals surface area contributed by atoms with Gasteiger partial charge in [-0.1, -0.05) is 43.2 Å². The number of anilines is 2. The summed E-state index contributed by atoms with van der Waals surface area (Å²) in [5, 5.41) is 15.9. The highest BCUT2D eigenvalue weighted by atomic mass is 16.2. The van der Waals surface area contributed by atoms with E-state index in [-0.39, 0.29) is 23.4 Å². The van der Waals surface area contributed by atoms with Crippen LogP contribution in [0.25, 0.3) is 11.1 Å². The zero-order valence-electron chi connectivity index (χ0n) is 23.9. The van der Waals surface area contributed by atoms with Gasteiger partial charge in [-0.05, 0) is 101 Å². The number of amides is 3. The molecule has 3 amide bonds. The SMILES string of the molecule is CC1(C)CC12CCC1(CC2)CN(c2cccc(-c3ccncc3)c2)C(=O)N1Cc1ccc(C(=O)Nc2nn[nH]n2)cc1. The van der Waals surface area contributed by atoms with E-state index >= 15 is 0 Å². The molecule has 2 N–H and O–H groups in total. The Morgan fingerprint density at radius 3 is 2.38 bits per heavy atom. The molecule has 214 valence electrons. The molecule has 42 heavy (non-hydrogen) atoms. The van der Waals surface area contributed by atoms with Crippen LogP contribution in [0.2, 0.25) is 0 Å². The third-order valence-electron chi connectivity index (χ3n) is 10.0. The Morgan fingerprint density at radius 1 is 0.976 bits per heavy atom. The highest BCUT2D eigenvalue weighted by molar-refractivity contribution is 6.03. The summed E-state index contributed by atoms with van der Waals surface area (Å²) >= 11 is 0. The number of tetrazole rings is 1. The van der Waals surface area contributed by atoms with Gasteiger partial charge in [-0.2, -0.15) is 5.21 Å². The number of aromatic nitrogens is 5. The van der Waals surface area contributed by atoms with Gasteiger partial charge in [-0.25, -0.2) is 4.79 Å². The predicted molar refractivity (Wildman–Crippen MR) is 159 cm³/mol. The van der Waals surface area contributed by atoms with Crippen LogP contribution in [-0.2, 0) is 6.54 Å². The Kier molecular flexibility index (Phi) is 6.11. The van der Waals surface area contributed by atoms with E-state index in [1.54, 1.807) is 24.5 Å². The van der Waals surface area contributed by atoms with Gasteiger partial charge in [0.05, 0.1) is 12.1 Å². The molecule has 2 spiro atoms. The second-order valence-corrected chi connectivity index (χ2v) is 12.7. The maximum atomic E-state index is 14.2. The molecule has 7 rings (SSSR count). The molecule has 3 fully saturated rings. The van der Waals surface area contributed by atoms with E-state index in [0.29, 0.717) is 29.5 Å². The molecule has 2 aromatic heterocycles. The fourth-order valence-corrected chi connectivity index (χ4v) is 7.24. The Balaban J connectivity index is 1.15. The highest BCUT2D eigenvalue weighted by Gasteiger charge is 2.64. The fourth-order valence-electron chi connectivity index (χ4n) is 7.24. The first-order valence-electron chi connectivity index (χ1n) is 14.5. The standard InChI is InChI=1S/C32H34N8O2/c1-30(2)20-31(30)12-14-32(15-13-31)21-39(26-5-3-4-25(18-26)23-10-16-33-17-11-23)29(42)40(32)19-22-6-8-24(9-7-22)27(41)34-28-35-37-38-36-28/h3-11,16-18H,12-15,19-21H2,1-2H3,(H2,34,35,36,37,38,41). The van der Waals surface area contributed by atoms with Crippen molar-refractivity contribution in [1.29, 1.82) is 0 Å². The third kappa shape index (κ3) is 4.51. The van der Waals surface area contributed by atoms with Crippen LogP contribution in [0.1, 0.15) is 61.9 Å². The van der Waals surface area contributed by atoms with Gasteiger partial charge in [0.25, 0.3) is 11.9 Å². The summed E-state index contributed by atoms with van der Waals surface area (Å²) in [6, 6.07) is 19.6. The van der Waals surface area contributed by atoms with E-state index in [2.05, 4.69) is 61.8 Å². The van der Waals surface area contributed by atoms with Crippen LogP contribution < -0.4 is 10.2 Å². The van der Waals surface area contributed by atoms with Gasteiger partial charge >= 0.3 is 6.03 Å². The molecule has 0 bridgehead atoms. The Labute approximate surface area is 244 Å². The van der Waals surface area contributed by atoms with Crippen molar-refractivity contribution in [2.75, 3.05) is 16.8 Å². The maximum absolute atomic E-state index is 14.2. The quantitative estimate of drug-likeness (QED) is 0.312. The summed E-state index contributed by atoms with van der Waals surface area (Å²) in [4.78, 5) is 35.1. The van der Waals surface area contributed by atoms with Gasteiger partial charge in [0.15, 0.2) is 0 Å². The molecule has 0 unspecified atom stereocenters. The van der Waals surface area contributed by atoms with Gasteiger partial charge < -0.3 is 4.90 Å². The van der Waals surface area contributed by atoms with Crippen LogP contribution in [0, 0.1) is 10.8 Å². The monoisotopic (exact) mass is 562 g/mol. The van der Waals surface area contributed by atoms with Crippen LogP contribution >= 0.6 is 0 Å². The molecule has 10 nitrogen and oxygen atoms in total. The summed E-state index contributed by atoms with van der Waals surface area (Å²) in [6.07, 6.45) is 9.12. The summed E-state index contributed by atoms with van der Waals surface area (Å²) in [5.74, 6) is -0.197. The Morgan fingerprint density at radius 2 is 1.71 bits per heavy atom. The molecule has 4 aromatic rings. The second kappa shape index (κ2) is 9.75. The molecule has 0 atom stereocenters. The lowest BCUT2D eigenvalue weighted by atomic mass is 9.71. The molecular weight excluding hydrogens is 528 g/mol. The number of hydrogen-bond donors (Lipinski definition) is 2. The number of hydrogen-bond acceptors (Lipinski definition) is 6. The van der Waals surface area contributed by atoms with Crippen molar-refractivity contribution < 1.29 is 9.59 Å². The number of rotatable bonds is 6. The lowest BCUT2D eigenvalue weighted by Crippen LogP contribution is -2.49. The van der Waals surface area contributed by atoms with Crippen LogP contribution in [0.5, 0.6) is 0 Å². The fraction of sp³-hybridized carbons (Fsp3) is 0.375. The van der Waals surface area contributed by atoms with Crippen molar-refractivity contribution in [2.24, 2.45) is 10.8 Å². The van der Waals surface area contributed by atoms with Crippen molar-refractivity contribution in [1.82, 2.24) is 30.5 Å². The highest BCUT2D eigenvalue weighted by Crippen LogP contribution is 2.71. The summed E-state index contributed by atoms with van der Waals surface area (Å²) < 4.78 is 0. The Hall–Kier alpha value is -4.60. The van der Waals surface area contributed by atoms with Crippen LogP contribution in [0.15, 0.2) is 73.1 Å². The number of urea groups is 1. The average molecular weight is 563 g/mol. The molecule has 3 heterocycles. The van der Waals surface area contributed by atoms with E-state index in [1.165, 1.54) is 6.42 Å². The molecule has 1 saturated heterocycles. The van der Waals surface area contributed by atoms with Crippen LogP contribution in [0.3, 0.4) is 0 Å². The van der Waals surface area contributed by atoms with E-state index < -0.39 is 0 Å². The largest absolute Gasteiger partial charge is 0.325 e. The number of aromatic amines is 1. The molecule has 2 aliphatic carbocycles. The smallest absolute Gasteiger partial charge is 0.313 e. The number of pyridine rings is 1. The molecular formula is C32H34N8O2. The molecule has 1 aliphatic heterocycles. The van der Waals surface area contributed by atoms with Gasteiger partial charge in [0.2, 0.25) is 0 Å².